The molecule has 0 radical (unpaired) electrons. The summed E-state index contributed by atoms with van der Waals surface area (Å²) in [6.07, 6.45) is 0. The molecule has 2 amide bonds. The molecule has 2 N–H and O–H groups in total. The molecule has 1 aromatic carbocycles. The van der Waals surface area contributed by atoms with Crippen molar-refractivity contribution in [2.45, 2.75) is 25.9 Å². The van der Waals surface area contributed by atoms with E-state index in [4.69, 9.17) is 5.26 Å². The number of hydrogen-bond acceptors (Lipinski definition) is 3. The summed E-state index contributed by atoms with van der Waals surface area (Å²) in [5.74, 6) is 0. The lowest BCUT2D eigenvalue weighted by molar-refractivity contribution is 0.143. The largest absolute Gasteiger partial charge is 0.322 e. The first-order valence-electron chi connectivity index (χ1n) is 6.42. The van der Waals surface area contributed by atoms with Gasteiger partial charge in [-0.05, 0) is 32.0 Å². The molecule has 19 heavy (non-hydrogen) atoms. The van der Waals surface area contributed by atoms with Crippen molar-refractivity contribution in [3.05, 3.63) is 29.8 Å². The van der Waals surface area contributed by atoms with E-state index >= 15 is 0 Å². The van der Waals surface area contributed by atoms with Gasteiger partial charge in [-0.2, -0.15) is 5.26 Å². The fourth-order valence-electron chi connectivity index (χ4n) is 2.39. The van der Waals surface area contributed by atoms with E-state index in [2.05, 4.69) is 16.7 Å². The van der Waals surface area contributed by atoms with Crippen molar-refractivity contribution in [2.24, 2.45) is 0 Å². The molecule has 0 bridgehead atoms. The molecule has 2 atom stereocenters. The summed E-state index contributed by atoms with van der Waals surface area (Å²) in [5.41, 5.74) is 1.20. The van der Waals surface area contributed by atoms with Gasteiger partial charge in [0, 0.05) is 30.9 Å². The minimum Gasteiger partial charge on any atom is -0.317 e. The Kier molecular flexibility index (Phi) is 4.03. The van der Waals surface area contributed by atoms with Gasteiger partial charge in [-0.15, -0.1) is 0 Å². The first-order chi connectivity index (χ1) is 9.11. The number of hydrogen-bond donors (Lipinski definition) is 2. The van der Waals surface area contributed by atoms with Crippen LogP contribution in [-0.2, 0) is 0 Å². The maximum Gasteiger partial charge on any atom is 0.322 e. The van der Waals surface area contributed by atoms with E-state index in [1.807, 2.05) is 18.7 Å². The van der Waals surface area contributed by atoms with Crippen molar-refractivity contribution in [3.63, 3.8) is 0 Å². The zero-order valence-corrected chi connectivity index (χ0v) is 11.2. The van der Waals surface area contributed by atoms with Gasteiger partial charge >= 0.3 is 6.03 Å². The quantitative estimate of drug-likeness (QED) is 0.806. The van der Waals surface area contributed by atoms with Gasteiger partial charge < -0.3 is 15.5 Å². The lowest BCUT2D eigenvalue weighted by Crippen LogP contribution is -2.58. The number of urea groups is 1. The lowest BCUT2D eigenvalue weighted by atomic mass is 10.1. The molecule has 2 unspecified atom stereocenters. The first-order valence-corrected chi connectivity index (χ1v) is 6.42. The Hall–Kier alpha value is -2.06. The van der Waals surface area contributed by atoms with Gasteiger partial charge in [0.2, 0.25) is 0 Å². The predicted octanol–water partition coefficient (Wildman–Crippen LogP) is 1.77. The molecule has 0 spiro atoms. The van der Waals surface area contributed by atoms with Gasteiger partial charge in [-0.25, -0.2) is 4.79 Å². The number of nitriles is 1. The molecule has 1 heterocycles. The van der Waals surface area contributed by atoms with Crippen LogP contribution in [0, 0.1) is 11.3 Å². The summed E-state index contributed by atoms with van der Waals surface area (Å²) < 4.78 is 0. The van der Waals surface area contributed by atoms with Gasteiger partial charge in [-0.1, -0.05) is 6.07 Å². The highest BCUT2D eigenvalue weighted by Gasteiger charge is 2.28. The molecule has 2 rings (SSSR count). The maximum atomic E-state index is 12.3. The van der Waals surface area contributed by atoms with Crippen LogP contribution in [-0.4, -0.2) is 36.1 Å². The number of amides is 2. The maximum absolute atomic E-state index is 12.3. The Morgan fingerprint density at radius 1 is 1.42 bits per heavy atom. The number of benzene rings is 1. The fraction of sp³-hybridized carbons (Fsp3) is 0.429. The van der Waals surface area contributed by atoms with Crippen LogP contribution in [0.3, 0.4) is 0 Å². The van der Waals surface area contributed by atoms with E-state index in [9.17, 15) is 4.79 Å². The van der Waals surface area contributed by atoms with Crippen molar-refractivity contribution in [1.29, 1.82) is 5.26 Å². The number of nitrogens with one attached hydrogen (secondary N) is 2. The smallest absolute Gasteiger partial charge is 0.317 e. The topological polar surface area (TPSA) is 68.2 Å². The van der Waals surface area contributed by atoms with Crippen LogP contribution < -0.4 is 10.6 Å². The van der Waals surface area contributed by atoms with E-state index in [0.717, 1.165) is 13.1 Å². The van der Waals surface area contributed by atoms with E-state index in [1.165, 1.54) is 0 Å². The highest BCUT2D eigenvalue weighted by atomic mass is 16.2. The molecule has 1 fully saturated rings. The molecule has 1 aliphatic rings. The molecular weight excluding hydrogens is 240 g/mol. The number of piperazine rings is 1. The Morgan fingerprint density at radius 2 is 2.11 bits per heavy atom. The summed E-state index contributed by atoms with van der Waals surface area (Å²) >= 11 is 0. The third-order valence-electron chi connectivity index (χ3n) is 3.31. The Balaban J connectivity index is 2.09. The molecule has 1 aromatic rings. The van der Waals surface area contributed by atoms with Gasteiger partial charge in [-0.3, -0.25) is 0 Å². The fourth-order valence-corrected chi connectivity index (χ4v) is 2.39. The number of carbonyl (C=O) groups excluding carboxylic acids is 1. The predicted molar refractivity (Wildman–Crippen MR) is 73.8 cm³/mol. The van der Waals surface area contributed by atoms with Crippen LogP contribution in [0.25, 0.3) is 0 Å². The first kappa shape index (κ1) is 13.4. The summed E-state index contributed by atoms with van der Waals surface area (Å²) in [4.78, 5) is 14.1. The number of rotatable bonds is 1. The second-order valence-corrected chi connectivity index (χ2v) is 4.89. The van der Waals surface area contributed by atoms with Gasteiger partial charge in [0.15, 0.2) is 0 Å². The number of nitrogens with zero attached hydrogens (tertiary/aromatic N) is 2. The van der Waals surface area contributed by atoms with Crippen molar-refractivity contribution < 1.29 is 4.79 Å². The van der Waals surface area contributed by atoms with Gasteiger partial charge in [0.25, 0.3) is 0 Å². The third kappa shape index (κ3) is 3.04. The van der Waals surface area contributed by atoms with Crippen molar-refractivity contribution in [2.75, 3.05) is 18.4 Å². The van der Waals surface area contributed by atoms with Crippen LogP contribution >= 0.6 is 0 Å². The van der Waals surface area contributed by atoms with E-state index in [0.29, 0.717) is 11.3 Å². The van der Waals surface area contributed by atoms with Crippen molar-refractivity contribution >= 4 is 11.7 Å². The van der Waals surface area contributed by atoms with E-state index in [1.54, 1.807) is 24.3 Å². The van der Waals surface area contributed by atoms with E-state index < -0.39 is 0 Å². The molecule has 5 heteroatoms. The lowest BCUT2D eigenvalue weighted by Gasteiger charge is -2.39. The molecule has 100 valence electrons. The molecule has 0 saturated carbocycles. The second kappa shape index (κ2) is 5.72. The minimum absolute atomic E-state index is 0.114. The highest BCUT2D eigenvalue weighted by Crippen LogP contribution is 2.15. The van der Waals surface area contributed by atoms with Gasteiger partial charge in [0.1, 0.15) is 0 Å². The van der Waals surface area contributed by atoms with E-state index in [-0.39, 0.29) is 18.1 Å². The summed E-state index contributed by atoms with van der Waals surface area (Å²) in [6.45, 7) is 5.65. The molecular formula is C14H18N4O. The minimum atomic E-state index is -0.114. The van der Waals surface area contributed by atoms with Crippen LogP contribution in [0.5, 0.6) is 0 Å². The Bertz CT molecular complexity index is 498. The zero-order valence-electron chi connectivity index (χ0n) is 11.2. The second-order valence-electron chi connectivity index (χ2n) is 4.89. The van der Waals surface area contributed by atoms with Crippen LogP contribution in [0.1, 0.15) is 19.4 Å². The summed E-state index contributed by atoms with van der Waals surface area (Å²) in [6, 6.07) is 9.20. The van der Waals surface area contributed by atoms with Crippen molar-refractivity contribution in [3.8, 4) is 6.07 Å². The SMILES string of the molecule is CC1CNCC(C)N1C(=O)Nc1cccc(C#N)c1. The molecule has 5 nitrogen and oxygen atoms in total. The van der Waals surface area contributed by atoms with Gasteiger partial charge in [0.05, 0.1) is 11.6 Å². The van der Waals surface area contributed by atoms with Crippen LogP contribution in [0.2, 0.25) is 0 Å². The van der Waals surface area contributed by atoms with Crippen molar-refractivity contribution in [1.82, 2.24) is 10.2 Å². The summed E-state index contributed by atoms with van der Waals surface area (Å²) in [5, 5.41) is 15.0. The number of carbonyl (C=O) groups is 1. The standard InChI is InChI=1S/C14H18N4O/c1-10-8-16-9-11(2)18(10)14(19)17-13-5-3-4-12(6-13)7-15/h3-6,10-11,16H,8-9H2,1-2H3,(H,17,19). The molecule has 0 aliphatic carbocycles. The Morgan fingerprint density at radius 3 is 2.74 bits per heavy atom. The molecule has 0 aromatic heterocycles. The monoisotopic (exact) mass is 258 g/mol. The highest BCUT2D eigenvalue weighted by molar-refractivity contribution is 5.90. The molecule has 1 aliphatic heterocycles. The summed E-state index contributed by atoms with van der Waals surface area (Å²) in [7, 11) is 0. The van der Waals surface area contributed by atoms with Crippen LogP contribution in [0.4, 0.5) is 10.5 Å². The normalized spacial score (nSPS) is 22.7. The Labute approximate surface area is 113 Å². The van der Waals surface area contributed by atoms with Crippen LogP contribution in [0.15, 0.2) is 24.3 Å². The average molecular weight is 258 g/mol. The number of anilines is 1. The molecule has 1 saturated heterocycles. The average Bonchev–Trinajstić information content (AvgIpc) is 2.38. The third-order valence-corrected chi connectivity index (χ3v) is 3.31. The zero-order chi connectivity index (χ0) is 13.8.